The van der Waals surface area contributed by atoms with E-state index in [1.807, 2.05) is 0 Å². The Morgan fingerprint density at radius 3 is 2.92 bits per heavy atom. The van der Waals surface area contributed by atoms with E-state index in [1.165, 1.54) is 0 Å². The van der Waals surface area contributed by atoms with Gasteiger partial charge in [-0.2, -0.15) is 4.98 Å². The Balaban J connectivity index is 2.62. The van der Waals surface area contributed by atoms with Gasteiger partial charge in [0.2, 0.25) is 5.79 Å². The van der Waals surface area contributed by atoms with E-state index in [1.54, 1.807) is 18.3 Å². The molecule has 2 heterocycles. The minimum Gasteiger partial charge on any atom is -0.442 e. The van der Waals surface area contributed by atoms with Crippen molar-refractivity contribution in [3.8, 4) is 0 Å². The summed E-state index contributed by atoms with van der Waals surface area (Å²) in [6, 6.07) is 3.34. The van der Waals surface area contributed by atoms with Gasteiger partial charge in [0, 0.05) is 6.20 Å². The number of aromatic nitrogens is 2. The summed E-state index contributed by atoms with van der Waals surface area (Å²) in [5.41, 5.74) is 0.821. The molecule has 0 aromatic carbocycles. The second kappa shape index (κ2) is 2.58. The summed E-state index contributed by atoms with van der Waals surface area (Å²) in [7, 11) is -1.68. The average molecular weight is 164 g/mol. The van der Waals surface area contributed by atoms with Crippen LogP contribution < -0.4 is 5.79 Å². The Morgan fingerprint density at radius 2 is 2.25 bits per heavy atom. The van der Waals surface area contributed by atoms with Crippen molar-refractivity contribution in [2.24, 2.45) is 0 Å². The molecule has 0 fully saturated rings. The van der Waals surface area contributed by atoms with Crippen molar-refractivity contribution < 1.29 is 14.5 Å². The van der Waals surface area contributed by atoms with Crippen molar-refractivity contribution in [2.45, 2.75) is 0 Å². The molecule has 0 aliphatic rings. The molecule has 2 aromatic heterocycles. The molecule has 0 saturated carbocycles. The predicted molar refractivity (Wildman–Crippen MR) is 41.6 cm³/mol. The largest absolute Gasteiger partial charge is 0.548 e. The normalized spacial score (nSPS) is 10.5. The van der Waals surface area contributed by atoms with Gasteiger partial charge in [-0.15, -0.1) is 0 Å². The van der Waals surface area contributed by atoms with Gasteiger partial charge in [0.25, 0.3) is 0 Å². The molecular weight excluding hydrogens is 159 g/mol. The van der Waals surface area contributed by atoms with Gasteiger partial charge in [0.1, 0.15) is 0 Å². The second-order valence-corrected chi connectivity index (χ2v) is 2.25. The zero-order valence-corrected chi connectivity index (χ0v) is 6.01. The van der Waals surface area contributed by atoms with E-state index in [-0.39, 0.29) is 5.79 Å². The second-order valence-electron chi connectivity index (χ2n) is 2.25. The van der Waals surface area contributed by atoms with Crippen LogP contribution in [0.15, 0.2) is 22.7 Å². The molecule has 0 amide bonds. The number of pyridine rings is 1. The lowest BCUT2D eigenvalue weighted by Crippen LogP contribution is -2.30. The van der Waals surface area contributed by atoms with Crippen LogP contribution in [0.2, 0.25) is 0 Å². The molecule has 2 rings (SSSR count). The lowest BCUT2D eigenvalue weighted by Gasteiger charge is -1.85. The summed E-state index contributed by atoms with van der Waals surface area (Å²) in [4.78, 5) is 7.59. The van der Waals surface area contributed by atoms with Crippen molar-refractivity contribution in [2.75, 3.05) is 0 Å². The summed E-state index contributed by atoms with van der Waals surface area (Å²) >= 11 is 0. The Hall–Kier alpha value is -1.40. The van der Waals surface area contributed by atoms with Crippen LogP contribution in [0.4, 0.5) is 0 Å². The quantitative estimate of drug-likeness (QED) is 0.523. The SMILES string of the molecule is OB(O)c1nc2ncccc2o1. The van der Waals surface area contributed by atoms with Gasteiger partial charge in [0.15, 0.2) is 11.2 Å². The maximum absolute atomic E-state index is 8.70. The van der Waals surface area contributed by atoms with Crippen molar-refractivity contribution in [3.05, 3.63) is 18.3 Å². The first kappa shape index (κ1) is 7.26. The molecular formula is C6H5BN2O3. The highest BCUT2D eigenvalue weighted by molar-refractivity contribution is 6.56. The highest BCUT2D eigenvalue weighted by atomic mass is 16.4. The molecule has 2 aromatic rings. The molecule has 0 saturated heterocycles. The van der Waals surface area contributed by atoms with E-state index >= 15 is 0 Å². The number of hydrogen-bond acceptors (Lipinski definition) is 5. The Kier molecular flexibility index (Phi) is 1.56. The van der Waals surface area contributed by atoms with Crippen molar-refractivity contribution in [3.63, 3.8) is 0 Å². The maximum Gasteiger partial charge on any atom is 0.548 e. The maximum atomic E-state index is 8.70. The van der Waals surface area contributed by atoms with Gasteiger partial charge in [-0.1, -0.05) is 0 Å². The lowest BCUT2D eigenvalue weighted by molar-refractivity contribution is 0.409. The number of hydrogen-bond donors (Lipinski definition) is 2. The third kappa shape index (κ3) is 1.07. The predicted octanol–water partition coefficient (Wildman–Crippen LogP) is -1.10. The topological polar surface area (TPSA) is 79.4 Å². The van der Waals surface area contributed by atoms with Gasteiger partial charge in [-0.25, -0.2) is 4.98 Å². The molecule has 6 heteroatoms. The molecule has 0 spiro atoms. The van der Waals surface area contributed by atoms with E-state index < -0.39 is 7.12 Å². The molecule has 0 atom stereocenters. The molecule has 0 radical (unpaired) electrons. The average Bonchev–Trinajstić information content (AvgIpc) is 2.46. The van der Waals surface area contributed by atoms with Gasteiger partial charge in [-0.05, 0) is 12.1 Å². The van der Waals surface area contributed by atoms with Crippen LogP contribution >= 0.6 is 0 Å². The minimum atomic E-state index is -1.68. The molecule has 60 valence electrons. The van der Waals surface area contributed by atoms with Crippen LogP contribution in [0.25, 0.3) is 11.2 Å². The van der Waals surface area contributed by atoms with E-state index in [0.29, 0.717) is 11.2 Å². The Bertz CT molecular complexity index is 367. The standard InChI is InChI=1S/C6H5BN2O3/c10-7(11)6-9-5-4(12-6)2-1-3-8-5/h1-3,10-11H. The van der Waals surface area contributed by atoms with E-state index in [2.05, 4.69) is 9.97 Å². The van der Waals surface area contributed by atoms with Crippen LogP contribution in [0, 0.1) is 0 Å². The number of oxazole rings is 1. The third-order valence-corrected chi connectivity index (χ3v) is 1.40. The number of fused-ring (bicyclic) bond motifs is 1. The zero-order chi connectivity index (χ0) is 8.55. The molecule has 0 aliphatic carbocycles. The summed E-state index contributed by atoms with van der Waals surface area (Å²) in [6.07, 6.45) is 1.55. The van der Waals surface area contributed by atoms with Crippen LogP contribution in [0.3, 0.4) is 0 Å². The monoisotopic (exact) mass is 164 g/mol. The van der Waals surface area contributed by atoms with Crippen molar-refractivity contribution in [1.82, 2.24) is 9.97 Å². The van der Waals surface area contributed by atoms with Gasteiger partial charge >= 0.3 is 7.12 Å². The number of rotatable bonds is 1. The molecule has 0 bridgehead atoms. The van der Waals surface area contributed by atoms with Crippen LogP contribution in [-0.4, -0.2) is 27.1 Å². The van der Waals surface area contributed by atoms with Crippen LogP contribution in [-0.2, 0) is 0 Å². The fourth-order valence-electron chi connectivity index (χ4n) is 0.896. The van der Waals surface area contributed by atoms with Crippen molar-refractivity contribution >= 4 is 24.1 Å². The van der Waals surface area contributed by atoms with Gasteiger partial charge in [-0.3, -0.25) is 0 Å². The molecule has 5 nitrogen and oxygen atoms in total. The Labute approximate surface area is 67.8 Å². The Morgan fingerprint density at radius 1 is 1.42 bits per heavy atom. The first-order chi connectivity index (χ1) is 5.77. The van der Waals surface area contributed by atoms with Crippen molar-refractivity contribution in [1.29, 1.82) is 0 Å². The fourth-order valence-corrected chi connectivity index (χ4v) is 0.896. The minimum absolute atomic E-state index is 0.135. The molecule has 0 unspecified atom stereocenters. The van der Waals surface area contributed by atoms with Crippen LogP contribution in [0.1, 0.15) is 0 Å². The third-order valence-electron chi connectivity index (χ3n) is 1.40. The van der Waals surface area contributed by atoms with E-state index in [4.69, 9.17) is 14.5 Å². The number of nitrogens with zero attached hydrogens (tertiary/aromatic N) is 2. The first-order valence-electron chi connectivity index (χ1n) is 3.35. The highest BCUT2D eigenvalue weighted by Gasteiger charge is 2.19. The van der Waals surface area contributed by atoms with Gasteiger partial charge < -0.3 is 14.5 Å². The smallest absolute Gasteiger partial charge is 0.442 e. The first-order valence-corrected chi connectivity index (χ1v) is 3.35. The molecule has 0 aliphatic heterocycles. The van der Waals surface area contributed by atoms with E-state index in [9.17, 15) is 0 Å². The summed E-state index contributed by atoms with van der Waals surface area (Å²) in [5, 5.41) is 17.4. The highest BCUT2D eigenvalue weighted by Crippen LogP contribution is 2.05. The lowest BCUT2D eigenvalue weighted by atomic mass is 9.93. The fraction of sp³-hybridized carbons (Fsp3) is 0. The molecule has 2 N–H and O–H groups in total. The summed E-state index contributed by atoms with van der Waals surface area (Å²) in [5.74, 6) is -0.135. The summed E-state index contributed by atoms with van der Waals surface area (Å²) in [6.45, 7) is 0. The van der Waals surface area contributed by atoms with Crippen LogP contribution in [0.5, 0.6) is 0 Å². The zero-order valence-electron chi connectivity index (χ0n) is 6.01. The van der Waals surface area contributed by atoms with Gasteiger partial charge in [0.05, 0.1) is 0 Å². The summed E-state index contributed by atoms with van der Waals surface area (Å²) < 4.78 is 4.96. The van der Waals surface area contributed by atoms with E-state index in [0.717, 1.165) is 0 Å². The molecule has 12 heavy (non-hydrogen) atoms.